The van der Waals surface area contributed by atoms with Crippen molar-refractivity contribution in [1.82, 2.24) is 9.80 Å². The fourth-order valence-corrected chi connectivity index (χ4v) is 6.85. The van der Waals surface area contributed by atoms with Gasteiger partial charge in [0.25, 0.3) is 0 Å². The molecule has 0 radical (unpaired) electrons. The highest BCUT2D eigenvalue weighted by Gasteiger charge is 2.55. The first-order valence-corrected chi connectivity index (χ1v) is 15.5. The first-order chi connectivity index (χ1) is 18.8. The number of esters is 2. The Morgan fingerprint density at radius 3 is 1.63 bits per heavy atom. The van der Waals surface area contributed by atoms with Crippen LogP contribution in [0.2, 0.25) is 0 Å². The average Bonchev–Trinajstić information content (AvgIpc) is 2.89. The monoisotopic (exact) mass is 572 g/mol. The predicted molar refractivity (Wildman–Crippen MR) is 164 cm³/mol. The van der Waals surface area contributed by atoms with Crippen molar-refractivity contribution in [2.24, 2.45) is 5.41 Å². The van der Waals surface area contributed by atoms with Crippen LogP contribution in [-0.2, 0) is 25.5 Å². The Morgan fingerprint density at radius 2 is 1.24 bits per heavy atom. The minimum Gasteiger partial charge on any atom is -0.508 e. The number of carbonyl (C=O) groups excluding carboxylic acids is 2. The van der Waals surface area contributed by atoms with Gasteiger partial charge in [0.1, 0.15) is 18.0 Å². The third-order valence-corrected chi connectivity index (χ3v) is 10.8. The predicted octanol–water partition coefficient (Wildman–Crippen LogP) is 6.50. The lowest BCUT2D eigenvalue weighted by Gasteiger charge is -2.55. The Morgan fingerprint density at radius 1 is 0.829 bits per heavy atom. The summed E-state index contributed by atoms with van der Waals surface area (Å²) in [6, 6.07) is 6.74. The fourth-order valence-electron chi connectivity index (χ4n) is 6.85. The van der Waals surface area contributed by atoms with E-state index in [0.29, 0.717) is 12.8 Å². The molecule has 2 fully saturated rings. The van der Waals surface area contributed by atoms with Crippen molar-refractivity contribution in [3.8, 4) is 5.75 Å². The number of benzene rings is 1. The van der Waals surface area contributed by atoms with E-state index in [1.807, 2.05) is 0 Å². The van der Waals surface area contributed by atoms with Gasteiger partial charge in [0.2, 0.25) is 0 Å². The van der Waals surface area contributed by atoms with Gasteiger partial charge in [-0.2, -0.15) is 0 Å². The summed E-state index contributed by atoms with van der Waals surface area (Å²) >= 11 is 0. The molecule has 3 rings (SSSR count). The lowest BCUT2D eigenvalue weighted by atomic mass is 9.75. The van der Waals surface area contributed by atoms with Gasteiger partial charge in [0.05, 0.1) is 11.1 Å². The molecule has 0 spiro atoms. The lowest BCUT2D eigenvalue weighted by molar-refractivity contribution is -0.196. The van der Waals surface area contributed by atoms with Crippen molar-refractivity contribution in [3.05, 3.63) is 29.8 Å². The topological polar surface area (TPSA) is 79.3 Å². The summed E-state index contributed by atoms with van der Waals surface area (Å²) in [5.41, 5.74) is -1.57. The van der Waals surface area contributed by atoms with Crippen LogP contribution in [0.15, 0.2) is 24.3 Å². The second kappa shape index (κ2) is 11.9. The normalized spacial score (nSPS) is 27.0. The molecule has 0 amide bonds. The Kier molecular flexibility index (Phi) is 9.67. The van der Waals surface area contributed by atoms with Gasteiger partial charge in [-0.25, -0.2) is 0 Å². The molecule has 7 nitrogen and oxygen atoms in total. The molecular weight excluding hydrogens is 516 g/mol. The van der Waals surface area contributed by atoms with Crippen molar-refractivity contribution >= 4 is 11.9 Å². The number of likely N-dealkylation sites (N-methyl/N-ethyl adjacent to an activating group) is 2. The summed E-state index contributed by atoms with van der Waals surface area (Å²) in [5.74, 6) is -0.864. The molecule has 0 bridgehead atoms. The highest BCUT2D eigenvalue weighted by atomic mass is 16.6. The number of unbranched alkanes of at least 4 members (excludes halogenated alkanes) is 1. The van der Waals surface area contributed by atoms with Gasteiger partial charge in [-0.15, -0.1) is 0 Å². The number of likely N-dealkylation sites (tertiary alicyclic amines) is 2. The summed E-state index contributed by atoms with van der Waals surface area (Å²) < 4.78 is 12.8. The largest absolute Gasteiger partial charge is 0.508 e. The maximum Gasteiger partial charge on any atom is 0.324 e. The average molecular weight is 573 g/mol. The highest BCUT2D eigenvalue weighted by Crippen LogP contribution is 2.43. The first kappa shape index (κ1) is 33.4. The van der Waals surface area contributed by atoms with E-state index < -0.39 is 28.4 Å². The number of hydrogen-bond donors (Lipinski definition) is 1. The second-order valence-corrected chi connectivity index (χ2v) is 14.9. The smallest absolute Gasteiger partial charge is 0.324 e. The van der Waals surface area contributed by atoms with E-state index in [2.05, 4.69) is 86.2 Å². The molecule has 41 heavy (non-hydrogen) atoms. The molecule has 0 aliphatic carbocycles. The van der Waals surface area contributed by atoms with Crippen LogP contribution < -0.4 is 0 Å². The van der Waals surface area contributed by atoms with Crippen molar-refractivity contribution < 1.29 is 24.2 Å². The van der Waals surface area contributed by atoms with Crippen LogP contribution in [0.4, 0.5) is 0 Å². The summed E-state index contributed by atoms with van der Waals surface area (Å²) in [7, 11) is 4.16. The SMILES string of the molecule is CCCCC(Cc1ccc(O)cc1)(C(=O)OC1CCC(C)(C)N(C)C1(C)C)C(=O)OC1CCC(C)(C)N(C)C1(C)C. The van der Waals surface area contributed by atoms with Crippen LogP contribution in [0.25, 0.3) is 0 Å². The Labute approximate surface area is 249 Å². The number of phenols is 1. The van der Waals surface area contributed by atoms with Gasteiger partial charge in [-0.3, -0.25) is 19.4 Å². The fraction of sp³-hybridized carbons (Fsp3) is 0.765. The van der Waals surface area contributed by atoms with Gasteiger partial charge in [-0.05, 0) is 126 Å². The number of aromatic hydroxyl groups is 1. The standard InChI is InChI=1S/C34H56N2O5/c1-12-13-20-34(23-24-14-16-25(37)17-15-24,28(38)40-26-18-21-30(2,3)35(10)32(26,6)7)29(39)41-27-19-22-31(4,5)36(11)33(27,8)9/h14-17,26-27,37H,12-13,18-23H2,1-11H3. The minimum absolute atomic E-state index is 0.0248. The van der Waals surface area contributed by atoms with E-state index in [0.717, 1.165) is 37.7 Å². The van der Waals surface area contributed by atoms with Gasteiger partial charge in [-0.1, -0.05) is 31.9 Å². The number of hydrogen-bond acceptors (Lipinski definition) is 7. The molecule has 2 aliphatic heterocycles. The number of nitrogens with zero attached hydrogens (tertiary/aromatic N) is 2. The molecule has 2 atom stereocenters. The van der Waals surface area contributed by atoms with Gasteiger partial charge in [0.15, 0.2) is 5.41 Å². The van der Waals surface area contributed by atoms with Crippen LogP contribution in [0.5, 0.6) is 5.75 Å². The van der Waals surface area contributed by atoms with E-state index in [9.17, 15) is 14.7 Å². The molecule has 232 valence electrons. The summed E-state index contributed by atoms with van der Waals surface area (Å²) in [5, 5.41) is 9.90. The lowest BCUT2D eigenvalue weighted by Crippen LogP contribution is -2.65. The molecule has 2 aliphatic rings. The van der Waals surface area contributed by atoms with E-state index in [4.69, 9.17) is 9.47 Å². The maximum absolute atomic E-state index is 14.5. The number of carbonyl (C=O) groups is 2. The first-order valence-electron chi connectivity index (χ1n) is 15.5. The molecule has 2 unspecified atom stereocenters. The molecular formula is C34H56N2O5. The van der Waals surface area contributed by atoms with Gasteiger partial charge < -0.3 is 14.6 Å². The van der Waals surface area contributed by atoms with Crippen molar-refractivity contribution in [3.63, 3.8) is 0 Å². The van der Waals surface area contributed by atoms with Crippen molar-refractivity contribution in [1.29, 1.82) is 0 Å². The quantitative estimate of drug-likeness (QED) is 0.267. The van der Waals surface area contributed by atoms with Crippen molar-refractivity contribution in [2.75, 3.05) is 14.1 Å². The Bertz CT molecular complexity index is 1020. The summed E-state index contributed by atoms with van der Waals surface area (Å²) in [4.78, 5) is 33.5. The van der Waals surface area contributed by atoms with E-state index in [1.165, 1.54) is 0 Å². The molecule has 7 heteroatoms. The van der Waals surface area contributed by atoms with Crippen LogP contribution in [0, 0.1) is 5.41 Å². The number of phenolic OH excluding ortho intramolecular Hbond substituents is 1. The van der Waals surface area contributed by atoms with Crippen LogP contribution in [0.3, 0.4) is 0 Å². The summed E-state index contributed by atoms with van der Waals surface area (Å²) in [6.45, 7) is 19.4. The highest BCUT2D eigenvalue weighted by molar-refractivity contribution is 6.00. The number of ether oxygens (including phenoxy) is 2. The van der Waals surface area contributed by atoms with Crippen LogP contribution >= 0.6 is 0 Å². The molecule has 0 saturated carbocycles. The third kappa shape index (κ3) is 6.61. The van der Waals surface area contributed by atoms with Crippen LogP contribution in [-0.4, -0.2) is 75.3 Å². The third-order valence-electron chi connectivity index (χ3n) is 10.8. The zero-order valence-corrected chi connectivity index (χ0v) is 27.6. The van der Waals surface area contributed by atoms with Crippen LogP contribution in [0.1, 0.15) is 113 Å². The second-order valence-electron chi connectivity index (χ2n) is 14.9. The zero-order chi connectivity index (χ0) is 31.0. The van der Waals surface area contributed by atoms with E-state index in [-0.39, 0.29) is 35.5 Å². The number of piperidine rings is 2. The van der Waals surface area contributed by atoms with Crippen molar-refractivity contribution in [2.45, 2.75) is 148 Å². The molecule has 0 aromatic heterocycles. The zero-order valence-electron chi connectivity index (χ0n) is 27.6. The molecule has 1 aromatic carbocycles. The molecule has 2 heterocycles. The maximum atomic E-state index is 14.5. The van der Waals surface area contributed by atoms with Gasteiger partial charge in [0, 0.05) is 11.1 Å². The van der Waals surface area contributed by atoms with E-state index >= 15 is 0 Å². The molecule has 2 saturated heterocycles. The molecule has 1 aromatic rings. The minimum atomic E-state index is -1.49. The molecule has 1 N–H and O–H groups in total. The number of rotatable bonds is 9. The van der Waals surface area contributed by atoms with Gasteiger partial charge >= 0.3 is 11.9 Å². The summed E-state index contributed by atoms with van der Waals surface area (Å²) in [6.07, 6.45) is 4.51. The van der Waals surface area contributed by atoms with E-state index in [1.54, 1.807) is 24.3 Å². The Hall–Kier alpha value is -2.12. The Balaban J connectivity index is 2.01.